The molecule has 3 rings (SSSR count). The third-order valence-corrected chi connectivity index (χ3v) is 5.98. The molecule has 5 nitrogen and oxygen atoms in total. The fourth-order valence-corrected chi connectivity index (χ4v) is 4.17. The number of esters is 1. The normalized spacial score (nSPS) is 20.1. The van der Waals surface area contributed by atoms with Gasteiger partial charge in [0.25, 0.3) is 0 Å². The number of hydrogen-bond donors (Lipinski definition) is 1. The van der Waals surface area contributed by atoms with E-state index in [4.69, 9.17) is 9.73 Å². The summed E-state index contributed by atoms with van der Waals surface area (Å²) in [6.07, 6.45) is 5.39. The first-order chi connectivity index (χ1) is 13.2. The summed E-state index contributed by atoms with van der Waals surface area (Å²) in [4.78, 5) is 19.3. The number of benzene rings is 1. The molecule has 0 spiro atoms. The highest BCUT2D eigenvalue weighted by atomic mass is 16.5. The largest absolute Gasteiger partial charge is 0.466 e. The summed E-state index contributed by atoms with van der Waals surface area (Å²) in [5.41, 5.74) is 1.61. The van der Waals surface area contributed by atoms with Gasteiger partial charge < -0.3 is 15.0 Å². The molecule has 0 atom stereocenters. The van der Waals surface area contributed by atoms with Gasteiger partial charge in [0.15, 0.2) is 5.96 Å². The summed E-state index contributed by atoms with van der Waals surface area (Å²) in [6, 6.07) is 10.8. The van der Waals surface area contributed by atoms with E-state index in [1.807, 2.05) is 6.92 Å². The second-order valence-electron chi connectivity index (χ2n) is 7.68. The number of nitrogens with one attached hydrogen (secondary N) is 1. The molecule has 1 N–H and O–H groups in total. The molecule has 0 bridgehead atoms. The molecule has 1 saturated heterocycles. The maximum absolute atomic E-state index is 12.0. The summed E-state index contributed by atoms with van der Waals surface area (Å²) in [6.45, 7) is 7.83. The maximum atomic E-state index is 12.0. The second kappa shape index (κ2) is 9.25. The molecule has 5 heteroatoms. The molecule has 1 aliphatic carbocycles. The van der Waals surface area contributed by atoms with E-state index in [-0.39, 0.29) is 17.3 Å². The molecule has 1 heterocycles. The Kier molecular flexibility index (Phi) is 6.75. The topological polar surface area (TPSA) is 53.9 Å². The van der Waals surface area contributed by atoms with Crippen LogP contribution in [0.2, 0.25) is 0 Å². The Morgan fingerprint density at radius 3 is 2.48 bits per heavy atom. The van der Waals surface area contributed by atoms with Crippen molar-refractivity contribution in [2.24, 2.45) is 10.9 Å². The predicted molar refractivity (Wildman–Crippen MR) is 109 cm³/mol. The number of carbonyl (C=O) groups is 1. The number of rotatable bonds is 6. The average Bonchev–Trinajstić information content (AvgIpc) is 2.67. The monoisotopic (exact) mass is 371 g/mol. The predicted octanol–water partition coefficient (Wildman–Crippen LogP) is 3.35. The highest BCUT2D eigenvalue weighted by molar-refractivity contribution is 5.80. The summed E-state index contributed by atoms with van der Waals surface area (Å²) in [5, 5.41) is 3.45. The zero-order valence-electron chi connectivity index (χ0n) is 16.7. The Labute approximate surface area is 163 Å². The minimum absolute atomic E-state index is 0.0337. The van der Waals surface area contributed by atoms with Gasteiger partial charge in [0.2, 0.25) is 0 Å². The Bertz CT molecular complexity index is 632. The smallest absolute Gasteiger partial charge is 0.309 e. The minimum atomic E-state index is -0.0448. The van der Waals surface area contributed by atoms with E-state index in [0.717, 1.165) is 45.0 Å². The van der Waals surface area contributed by atoms with E-state index >= 15 is 0 Å². The van der Waals surface area contributed by atoms with Crippen LogP contribution in [0.4, 0.5) is 0 Å². The van der Waals surface area contributed by atoms with Crippen LogP contribution in [0.3, 0.4) is 0 Å². The summed E-state index contributed by atoms with van der Waals surface area (Å²) in [5.74, 6) is 0.977. The Morgan fingerprint density at radius 1 is 1.22 bits per heavy atom. The molecule has 0 amide bonds. The number of carbonyl (C=O) groups excluding carboxylic acids is 1. The number of piperidine rings is 1. The first-order valence-corrected chi connectivity index (χ1v) is 10.4. The van der Waals surface area contributed by atoms with Crippen molar-refractivity contribution in [2.75, 3.05) is 32.8 Å². The lowest BCUT2D eigenvalue weighted by atomic mass is 9.64. The van der Waals surface area contributed by atoms with E-state index in [0.29, 0.717) is 6.61 Å². The van der Waals surface area contributed by atoms with Crippen molar-refractivity contribution < 1.29 is 9.53 Å². The van der Waals surface area contributed by atoms with E-state index in [1.54, 1.807) is 0 Å². The number of aliphatic imine (C=N–C) groups is 1. The summed E-state index contributed by atoms with van der Waals surface area (Å²) < 4.78 is 5.18. The first kappa shape index (κ1) is 19.7. The Hall–Kier alpha value is -2.04. The SMILES string of the molecule is CCNC(=NCC1(c2ccccc2)CCC1)N1CCC(C(=O)OCC)CC1. The lowest BCUT2D eigenvalue weighted by molar-refractivity contribution is -0.149. The minimum Gasteiger partial charge on any atom is -0.466 e. The third-order valence-electron chi connectivity index (χ3n) is 5.98. The summed E-state index contributed by atoms with van der Waals surface area (Å²) in [7, 11) is 0. The number of ether oxygens (including phenoxy) is 1. The molecule has 1 aromatic rings. The van der Waals surface area contributed by atoms with Crippen LogP contribution in [0.25, 0.3) is 0 Å². The van der Waals surface area contributed by atoms with Gasteiger partial charge >= 0.3 is 5.97 Å². The van der Waals surface area contributed by atoms with Gasteiger partial charge in [-0.15, -0.1) is 0 Å². The molecular formula is C22H33N3O2. The van der Waals surface area contributed by atoms with Gasteiger partial charge in [0.05, 0.1) is 19.1 Å². The highest BCUT2D eigenvalue weighted by Crippen LogP contribution is 2.43. The van der Waals surface area contributed by atoms with Gasteiger partial charge in [-0.2, -0.15) is 0 Å². The van der Waals surface area contributed by atoms with Crippen LogP contribution in [0.1, 0.15) is 51.5 Å². The van der Waals surface area contributed by atoms with E-state index in [9.17, 15) is 4.79 Å². The van der Waals surface area contributed by atoms with Crippen molar-refractivity contribution in [3.8, 4) is 0 Å². The lowest BCUT2D eigenvalue weighted by Gasteiger charge is -2.42. The average molecular weight is 372 g/mol. The number of nitrogens with zero attached hydrogens (tertiary/aromatic N) is 2. The number of hydrogen-bond acceptors (Lipinski definition) is 3. The Balaban J connectivity index is 1.64. The van der Waals surface area contributed by atoms with Crippen molar-refractivity contribution in [3.63, 3.8) is 0 Å². The number of likely N-dealkylation sites (tertiary alicyclic amines) is 1. The van der Waals surface area contributed by atoms with E-state index in [2.05, 4.69) is 47.5 Å². The molecule has 1 aromatic carbocycles. The lowest BCUT2D eigenvalue weighted by Crippen LogP contribution is -2.47. The fraction of sp³-hybridized carbons (Fsp3) is 0.636. The standard InChI is InChI=1S/C22H33N3O2/c1-3-23-21(25-15-11-18(12-16-25)20(26)27-4-2)24-17-22(13-8-14-22)19-9-6-5-7-10-19/h5-7,9-10,18H,3-4,8,11-17H2,1-2H3,(H,23,24). The van der Waals surface area contributed by atoms with Crippen molar-refractivity contribution >= 4 is 11.9 Å². The zero-order chi connectivity index (χ0) is 19.1. The van der Waals surface area contributed by atoms with Gasteiger partial charge in [0, 0.05) is 25.0 Å². The molecule has 27 heavy (non-hydrogen) atoms. The third kappa shape index (κ3) is 4.63. The van der Waals surface area contributed by atoms with Crippen LogP contribution in [0.15, 0.2) is 35.3 Å². The molecular weight excluding hydrogens is 338 g/mol. The number of guanidine groups is 1. The second-order valence-corrected chi connectivity index (χ2v) is 7.68. The maximum Gasteiger partial charge on any atom is 0.309 e. The molecule has 0 aromatic heterocycles. The molecule has 2 fully saturated rings. The molecule has 0 unspecified atom stereocenters. The first-order valence-electron chi connectivity index (χ1n) is 10.4. The molecule has 148 valence electrons. The van der Waals surface area contributed by atoms with E-state index in [1.165, 1.54) is 24.8 Å². The summed E-state index contributed by atoms with van der Waals surface area (Å²) >= 11 is 0. The van der Waals surface area contributed by atoms with Gasteiger partial charge in [0.1, 0.15) is 0 Å². The molecule has 2 aliphatic rings. The van der Waals surface area contributed by atoms with Crippen LogP contribution in [0, 0.1) is 5.92 Å². The van der Waals surface area contributed by atoms with Crippen LogP contribution < -0.4 is 5.32 Å². The highest BCUT2D eigenvalue weighted by Gasteiger charge is 2.38. The van der Waals surface area contributed by atoms with Crippen LogP contribution >= 0.6 is 0 Å². The van der Waals surface area contributed by atoms with Crippen LogP contribution in [0.5, 0.6) is 0 Å². The van der Waals surface area contributed by atoms with Gasteiger partial charge in [-0.25, -0.2) is 0 Å². The zero-order valence-corrected chi connectivity index (χ0v) is 16.7. The van der Waals surface area contributed by atoms with Crippen molar-refractivity contribution in [1.82, 2.24) is 10.2 Å². The Morgan fingerprint density at radius 2 is 1.93 bits per heavy atom. The molecule has 0 radical (unpaired) electrons. The van der Waals surface area contributed by atoms with Crippen LogP contribution in [-0.4, -0.2) is 49.6 Å². The van der Waals surface area contributed by atoms with Gasteiger partial charge in [-0.1, -0.05) is 36.8 Å². The van der Waals surface area contributed by atoms with Gasteiger partial charge in [-0.05, 0) is 45.1 Å². The fourth-order valence-electron chi connectivity index (χ4n) is 4.17. The van der Waals surface area contributed by atoms with Crippen molar-refractivity contribution in [2.45, 2.75) is 51.4 Å². The molecule has 1 aliphatic heterocycles. The van der Waals surface area contributed by atoms with E-state index < -0.39 is 0 Å². The van der Waals surface area contributed by atoms with Crippen LogP contribution in [-0.2, 0) is 14.9 Å². The van der Waals surface area contributed by atoms with Crippen molar-refractivity contribution in [1.29, 1.82) is 0 Å². The van der Waals surface area contributed by atoms with Crippen molar-refractivity contribution in [3.05, 3.63) is 35.9 Å². The van der Waals surface area contributed by atoms with Gasteiger partial charge in [-0.3, -0.25) is 9.79 Å². The quantitative estimate of drug-likeness (QED) is 0.473. The molecule has 1 saturated carbocycles.